The molecule has 0 nitrogen and oxygen atoms in total. The zero-order chi connectivity index (χ0) is 28.4. The Kier molecular flexibility index (Phi) is 17.5. The van der Waals surface area contributed by atoms with E-state index >= 15 is 0 Å². The van der Waals surface area contributed by atoms with E-state index in [-0.39, 0.29) is 24.8 Å². The van der Waals surface area contributed by atoms with Crippen LogP contribution >= 0.6 is 0 Å². The maximum atomic E-state index is 3.43. The van der Waals surface area contributed by atoms with Crippen LogP contribution in [0.25, 0.3) is 11.1 Å². The number of allylic oxidation sites excluding steroid dienone is 8. The third-order valence-electron chi connectivity index (χ3n) is 7.03. The normalized spacial score (nSPS) is 16.7. The topological polar surface area (TPSA) is 0 Å². The molecule has 0 radical (unpaired) electrons. The summed E-state index contributed by atoms with van der Waals surface area (Å²) in [5.74, 6) is 3.34. The molecule has 0 spiro atoms. The Hall–Kier alpha value is -1.37. The van der Waals surface area contributed by atoms with Gasteiger partial charge in [0.2, 0.25) is 0 Å². The van der Waals surface area contributed by atoms with Gasteiger partial charge < -0.3 is 24.8 Å². The molecule has 2 atom stereocenters. The van der Waals surface area contributed by atoms with Crippen LogP contribution in [0.3, 0.4) is 0 Å². The standard InChI is InChI=1S/2C15H17.C7H8Ge.2ClH.Zr/c2*1-4-13-6-5-7-14(10-13)15-9-11(2)8-12(15)3;1-8-7-5-3-2-4-6-7;;;/h2*5-7,9-11H,4H2,1-3H3;2-6H,1H3;2*1H;/q2*-1;;;;+2/p-2. The minimum atomic E-state index is -0.676. The van der Waals surface area contributed by atoms with E-state index in [9.17, 15) is 0 Å². The summed E-state index contributed by atoms with van der Waals surface area (Å²) in [5.41, 5.74) is 10.8. The van der Waals surface area contributed by atoms with E-state index in [1.54, 1.807) is 26.0 Å². The van der Waals surface area contributed by atoms with Crippen molar-refractivity contribution in [3.8, 4) is 0 Å². The minimum Gasteiger partial charge on any atom is -1.00 e. The first-order chi connectivity index (χ1) is 18.7. The van der Waals surface area contributed by atoms with Gasteiger partial charge in [-0.3, -0.25) is 12.2 Å². The van der Waals surface area contributed by atoms with E-state index in [1.165, 1.54) is 44.5 Å². The SMILES string of the molecule is CCc1cccc(C2=CC(C)[C-]=C2C)c1.CCc1cccc(C2=CC(C)[C-]=C2C)c1.[CH3][Ge](=[Zr+2])[c]1ccccc1.[Cl-].[Cl-]. The van der Waals surface area contributed by atoms with Gasteiger partial charge in [0.05, 0.1) is 0 Å². The number of benzene rings is 3. The van der Waals surface area contributed by atoms with Crippen LogP contribution in [0.15, 0.2) is 102 Å². The molecule has 4 heteroatoms. The van der Waals surface area contributed by atoms with Gasteiger partial charge in [0.15, 0.2) is 0 Å². The smallest absolute Gasteiger partial charge is 1.00 e. The van der Waals surface area contributed by atoms with Gasteiger partial charge in [-0.2, -0.15) is 23.3 Å². The second kappa shape index (κ2) is 19.0. The zero-order valence-corrected chi connectivity index (χ0v) is 31.6. The largest absolute Gasteiger partial charge is 1.00 e. The van der Waals surface area contributed by atoms with Crippen LogP contribution in [0.5, 0.6) is 0 Å². The van der Waals surface area contributed by atoms with Crippen molar-refractivity contribution >= 4 is 25.5 Å². The summed E-state index contributed by atoms with van der Waals surface area (Å²) in [7, 11) is -0.676. The van der Waals surface area contributed by atoms with Crippen molar-refractivity contribution in [1.29, 1.82) is 0 Å². The van der Waals surface area contributed by atoms with Crippen LogP contribution in [-0.2, 0) is 34.4 Å². The second-order valence-electron chi connectivity index (χ2n) is 10.4. The van der Waals surface area contributed by atoms with Gasteiger partial charge in [-0.05, 0) is 24.0 Å². The van der Waals surface area contributed by atoms with Crippen molar-refractivity contribution in [2.75, 3.05) is 0 Å². The first-order valence-electron chi connectivity index (χ1n) is 14.2. The molecule has 0 saturated carbocycles. The Balaban J connectivity index is 0.000000310. The van der Waals surface area contributed by atoms with E-state index in [4.69, 9.17) is 0 Å². The summed E-state index contributed by atoms with van der Waals surface area (Å²) >= 11 is 1.76. The molecule has 0 N–H and O–H groups in total. The van der Waals surface area contributed by atoms with Crippen molar-refractivity contribution in [2.24, 2.45) is 11.8 Å². The number of rotatable bonds is 5. The van der Waals surface area contributed by atoms with E-state index < -0.39 is 9.98 Å². The predicted octanol–water partition coefficient (Wildman–Crippen LogP) is 3.13. The molecule has 5 rings (SSSR count). The second-order valence-corrected chi connectivity index (χ2v) is 23.8. The fourth-order valence-electron chi connectivity index (χ4n) is 4.90. The summed E-state index contributed by atoms with van der Waals surface area (Å²) in [6, 6.07) is 28.5. The quantitative estimate of drug-likeness (QED) is 0.281. The summed E-state index contributed by atoms with van der Waals surface area (Å²) in [4.78, 5) is 0. The number of aryl methyl sites for hydroxylation is 2. The summed E-state index contributed by atoms with van der Waals surface area (Å²) in [6.07, 6.45) is 13.6. The molecule has 0 saturated heterocycles. The minimum absolute atomic E-state index is 0. The van der Waals surface area contributed by atoms with Crippen molar-refractivity contribution in [2.45, 2.75) is 60.1 Å². The fourth-order valence-corrected chi connectivity index (χ4v) is 8.48. The fraction of sp³-hybridized carbons (Fsp3) is 0.297. The summed E-state index contributed by atoms with van der Waals surface area (Å²) < 4.78 is 1.62. The molecule has 0 bridgehead atoms. The van der Waals surface area contributed by atoms with Gasteiger partial charge in [0.1, 0.15) is 0 Å². The molecule has 0 heterocycles. The van der Waals surface area contributed by atoms with Gasteiger partial charge in [-0.1, -0.05) is 102 Å². The number of hydrogen-bond acceptors (Lipinski definition) is 0. The molecule has 3 aromatic rings. The average molecular weight is 721 g/mol. The van der Waals surface area contributed by atoms with Crippen molar-refractivity contribution < 1.29 is 46.4 Å². The van der Waals surface area contributed by atoms with Gasteiger partial charge in [0.25, 0.3) is 0 Å². The number of halogens is 2. The predicted molar refractivity (Wildman–Crippen MR) is 168 cm³/mol. The van der Waals surface area contributed by atoms with Crippen LogP contribution in [0.1, 0.15) is 63.8 Å². The zero-order valence-electron chi connectivity index (χ0n) is 25.5. The van der Waals surface area contributed by atoms with Gasteiger partial charge in [0, 0.05) is 0 Å². The van der Waals surface area contributed by atoms with E-state index in [2.05, 4.69) is 150 Å². The summed E-state index contributed by atoms with van der Waals surface area (Å²) in [5, 5.41) is 0. The van der Waals surface area contributed by atoms with E-state index in [0.717, 1.165) is 12.8 Å². The van der Waals surface area contributed by atoms with Crippen LogP contribution < -0.4 is 29.2 Å². The molecule has 0 fully saturated rings. The molecular formula is C37H42Cl2GeZr-2. The maximum Gasteiger partial charge on any atom is -1.00 e. The monoisotopic (exact) mass is 720 g/mol. The molecule has 41 heavy (non-hydrogen) atoms. The number of hydrogen-bond donors (Lipinski definition) is 0. The van der Waals surface area contributed by atoms with E-state index in [0.29, 0.717) is 11.8 Å². The van der Waals surface area contributed by atoms with Crippen LogP contribution in [0.2, 0.25) is 5.76 Å². The van der Waals surface area contributed by atoms with Gasteiger partial charge >= 0.3 is 72.1 Å². The Morgan fingerprint density at radius 1 is 0.659 bits per heavy atom. The van der Waals surface area contributed by atoms with Crippen LogP contribution in [0, 0.1) is 24.0 Å². The molecule has 2 unspecified atom stereocenters. The maximum absolute atomic E-state index is 3.43. The third-order valence-corrected chi connectivity index (χ3v) is 13.2. The Morgan fingerprint density at radius 2 is 1.07 bits per heavy atom. The van der Waals surface area contributed by atoms with Gasteiger partial charge in [-0.15, -0.1) is 11.1 Å². The Labute approximate surface area is 278 Å². The molecular weight excluding hydrogens is 679 g/mol. The van der Waals surface area contributed by atoms with Crippen molar-refractivity contribution in [1.82, 2.24) is 0 Å². The first kappa shape index (κ1) is 37.7. The third kappa shape index (κ3) is 11.7. The van der Waals surface area contributed by atoms with Crippen molar-refractivity contribution in [3.63, 3.8) is 0 Å². The Morgan fingerprint density at radius 3 is 1.37 bits per heavy atom. The average Bonchev–Trinajstić information content (AvgIpc) is 3.48. The molecule has 2 aliphatic rings. The van der Waals surface area contributed by atoms with E-state index in [1.807, 2.05) is 0 Å². The molecule has 0 aliphatic heterocycles. The van der Waals surface area contributed by atoms with Crippen molar-refractivity contribution in [3.05, 3.63) is 137 Å². The summed E-state index contributed by atoms with van der Waals surface area (Å²) in [6.45, 7) is 13.0. The van der Waals surface area contributed by atoms with Crippen LogP contribution in [0.4, 0.5) is 0 Å². The van der Waals surface area contributed by atoms with Crippen LogP contribution in [-0.4, -0.2) is 9.98 Å². The molecule has 0 amide bonds. The molecule has 2 aliphatic carbocycles. The molecule has 3 aromatic carbocycles. The Bertz CT molecular complexity index is 1320. The van der Waals surface area contributed by atoms with Gasteiger partial charge in [-0.25, -0.2) is 11.1 Å². The first-order valence-corrected chi connectivity index (χ1v) is 24.7. The molecule has 214 valence electrons. The molecule has 0 aromatic heterocycles.